The van der Waals surface area contributed by atoms with Crippen LogP contribution in [0.3, 0.4) is 0 Å². The molecule has 1 fully saturated rings. The lowest BCUT2D eigenvalue weighted by Gasteiger charge is -2.34. The number of carbonyl (C=O) groups excluding carboxylic acids is 1. The van der Waals surface area contributed by atoms with Crippen molar-refractivity contribution in [2.75, 3.05) is 37.7 Å². The van der Waals surface area contributed by atoms with Crippen molar-refractivity contribution in [3.8, 4) is 5.75 Å². The molecule has 0 saturated carbocycles. The van der Waals surface area contributed by atoms with E-state index in [0.29, 0.717) is 23.9 Å². The molecule has 1 amide bonds. The molecule has 28 heavy (non-hydrogen) atoms. The molecule has 0 atom stereocenters. The molecule has 3 aromatic rings. The Labute approximate surface area is 173 Å². The maximum atomic E-state index is 12.4. The van der Waals surface area contributed by atoms with Crippen LogP contribution in [0.15, 0.2) is 36.4 Å². The second kappa shape index (κ2) is 7.97. The fourth-order valence-electron chi connectivity index (χ4n) is 3.22. The van der Waals surface area contributed by atoms with E-state index in [4.69, 9.17) is 21.3 Å². The number of amides is 1. The van der Waals surface area contributed by atoms with E-state index in [1.165, 1.54) is 15.8 Å². The number of halogens is 1. The summed E-state index contributed by atoms with van der Waals surface area (Å²) in [5.41, 5.74) is 3.61. The number of anilines is 1. The summed E-state index contributed by atoms with van der Waals surface area (Å²) in [6.07, 6.45) is 0. The highest BCUT2D eigenvalue weighted by molar-refractivity contribution is 7.22. The van der Waals surface area contributed by atoms with Crippen molar-refractivity contribution >= 4 is 44.2 Å². The lowest BCUT2D eigenvalue weighted by molar-refractivity contribution is -0.133. The molecule has 2 heterocycles. The summed E-state index contributed by atoms with van der Waals surface area (Å²) in [5, 5.41) is 1.68. The third-order valence-corrected chi connectivity index (χ3v) is 6.40. The summed E-state index contributed by atoms with van der Waals surface area (Å²) < 4.78 is 6.79. The molecule has 4 rings (SSSR count). The van der Waals surface area contributed by atoms with Crippen molar-refractivity contribution in [3.05, 3.63) is 52.5 Å². The van der Waals surface area contributed by atoms with Crippen molar-refractivity contribution in [2.24, 2.45) is 0 Å². The zero-order chi connectivity index (χ0) is 19.7. The van der Waals surface area contributed by atoms with E-state index in [0.717, 1.165) is 23.7 Å². The summed E-state index contributed by atoms with van der Waals surface area (Å²) in [6.45, 7) is 7.21. The highest BCUT2D eigenvalue weighted by atomic mass is 35.5. The molecule has 2 aromatic carbocycles. The maximum Gasteiger partial charge on any atom is 0.260 e. The Bertz CT molecular complexity index is 956. The van der Waals surface area contributed by atoms with Crippen LogP contribution in [0.5, 0.6) is 5.75 Å². The number of thiazole rings is 1. The molecule has 0 aliphatic carbocycles. The van der Waals surface area contributed by atoms with Gasteiger partial charge in [0.25, 0.3) is 5.91 Å². The summed E-state index contributed by atoms with van der Waals surface area (Å²) in [6, 6.07) is 11.4. The zero-order valence-electron chi connectivity index (χ0n) is 15.9. The quantitative estimate of drug-likeness (QED) is 0.637. The Morgan fingerprint density at radius 1 is 1.11 bits per heavy atom. The summed E-state index contributed by atoms with van der Waals surface area (Å²) in [7, 11) is 0. The molecule has 1 aliphatic heterocycles. The number of carbonyl (C=O) groups is 1. The molecule has 1 saturated heterocycles. The van der Waals surface area contributed by atoms with E-state index in [2.05, 4.69) is 30.9 Å². The van der Waals surface area contributed by atoms with Gasteiger partial charge in [0, 0.05) is 31.2 Å². The fraction of sp³-hybridized carbons (Fsp3) is 0.333. The van der Waals surface area contributed by atoms with Gasteiger partial charge in [0.15, 0.2) is 11.7 Å². The molecule has 0 N–H and O–H groups in total. The number of benzene rings is 2. The van der Waals surface area contributed by atoms with Gasteiger partial charge >= 0.3 is 0 Å². The molecule has 0 spiro atoms. The first kappa shape index (κ1) is 19.0. The van der Waals surface area contributed by atoms with Gasteiger partial charge in [0.2, 0.25) is 0 Å². The molecule has 1 aliphatic rings. The van der Waals surface area contributed by atoms with Crippen LogP contribution in [-0.4, -0.2) is 48.6 Å². The van der Waals surface area contributed by atoms with Gasteiger partial charge in [-0.3, -0.25) is 4.79 Å². The minimum atomic E-state index is 0.00477. The number of aryl methyl sites for hydroxylation is 2. The van der Waals surface area contributed by atoms with Crippen LogP contribution < -0.4 is 9.64 Å². The lowest BCUT2D eigenvalue weighted by atomic mass is 10.1. The molecule has 146 valence electrons. The zero-order valence-corrected chi connectivity index (χ0v) is 17.5. The standard InChI is InChI=1S/C21H22ClN3O2S/c1-14-11-18-19(12-15(14)2)28-21(23-18)25-9-7-24(8-10-25)20(26)13-27-17-5-3-16(22)4-6-17/h3-6,11-12H,7-10,13H2,1-2H3. The van der Waals surface area contributed by atoms with Gasteiger partial charge in [0.1, 0.15) is 5.75 Å². The van der Waals surface area contributed by atoms with Gasteiger partial charge in [-0.2, -0.15) is 0 Å². The monoisotopic (exact) mass is 415 g/mol. The predicted octanol–water partition coefficient (Wildman–Crippen LogP) is 4.29. The van der Waals surface area contributed by atoms with Crippen LogP contribution in [0, 0.1) is 13.8 Å². The van der Waals surface area contributed by atoms with Crippen LogP contribution in [0.1, 0.15) is 11.1 Å². The number of piperazine rings is 1. The van der Waals surface area contributed by atoms with Crippen molar-refractivity contribution in [1.82, 2.24) is 9.88 Å². The van der Waals surface area contributed by atoms with Crippen LogP contribution in [0.25, 0.3) is 10.2 Å². The summed E-state index contributed by atoms with van der Waals surface area (Å²) in [5.74, 6) is 0.654. The number of ether oxygens (including phenoxy) is 1. The van der Waals surface area contributed by atoms with E-state index in [9.17, 15) is 4.79 Å². The number of hydrogen-bond acceptors (Lipinski definition) is 5. The highest BCUT2D eigenvalue weighted by Gasteiger charge is 2.23. The van der Waals surface area contributed by atoms with Gasteiger partial charge in [-0.25, -0.2) is 4.98 Å². The molecular weight excluding hydrogens is 394 g/mol. The average Bonchev–Trinajstić information content (AvgIpc) is 3.10. The van der Waals surface area contributed by atoms with Crippen LogP contribution in [-0.2, 0) is 4.79 Å². The van der Waals surface area contributed by atoms with Crippen LogP contribution >= 0.6 is 22.9 Å². The van der Waals surface area contributed by atoms with Crippen molar-refractivity contribution in [1.29, 1.82) is 0 Å². The van der Waals surface area contributed by atoms with Gasteiger partial charge in [-0.15, -0.1) is 0 Å². The van der Waals surface area contributed by atoms with Gasteiger partial charge in [-0.1, -0.05) is 22.9 Å². The predicted molar refractivity (Wildman–Crippen MR) is 115 cm³/mol. The topological polar surface area (TPSA) is 45.7 Å². The summed E-state index contributed by atoms with van der Waals surface area (Å²) in [4.78, 5) is 21.4. The van der Waals surface area contributed by atoms with E-state index in [1.807, 2.05) is 4.90 Å². The van der Waals surface area contributed by atoms with E-state index < -0.39 is 0 Å². The average molecular weight is 416 g/mol. The normalized spacial score (nSPS) is 14.5. The first-order chi connectivity index (χ1) is 13.5. The minimum Gasteiger partial charge on any atom is -0.484 e. The molecule has 0 unspecified atom stereocenters. The second-order valence-corrected chi connectivity index (χ2v) is 8.46. The Morgan fingerprint density at radius 2 is 1.79 bits per heavy atom. The smallest absolute Gasteiger partial charge is 0.260 e. The molecule has 0 radical (unpaired) electrons. The van der Waals surface area contributed by atoms with Gasteiger partial charge in [0.05, 0.1) is 10.2 Å². The SMILES string of the molecule is Cc1cc2nc(N3CCN(C(=O)COc4ccc(Cl)cc4)CC3)sc2cc1C. The number of fused-ring (bicyclic) bond motifs is 1. The van der Waals surface area contributed by atoms with Gasteiger partial charge in [-0.05, 0) is 61.4 Å². The van der Waals surface area contributed by atoms with Crippen LogP contribution in [0.4, 0.5) is 5.13 Å². The van der Waals surface area contributed by atoms with E-state index >= 15 is 0 Å². The first-order valence-corrected chi connectivity index (χ1v) is 10.5. The van der Waals surface area contributed by atoms with Crippen molar-refractivity contribution in [3.63, 3.8) is 0 Å². The van der Waals surface area contributed by atoms with Crippen molar-refractivity contribution in [2.45, 2.75) is 13.8 Å². The molecular formula is C21H22ClN3O2S. The minimum absolute atomic E-state index is 0.00477. The highest BCUT2D eigenvalue weighted by Crippen LogP contribution is 2.31. The first-order valence-electron chi connectivity index (χ1n) is 9.28. The number of hydrogen-bond donors (Lipinski definition) is 0. The number of nitrogens with zero attached hydrogens (tertiary/aromatic N) is 3. The third-order valence-electron chi connectivity index (χ3n) is 5.07. The molecule has 5 nitrogen and oxygen atoms in total. The van der Waals surface area contributed by atoms with E-state index in [1.54, 1.807) is 35.6 Å². The maximum absolute atomic E-state index is 12.4. The largest absolute Gasteiger partial charge is 0.484 e. The lowest BCUT2D eigenvalue weighted by Crippen LogP contribution is -2.50. The molecule has 7 heteroatoms. The number of rotatable bonds is 4. The Kier molecular flexibility index (Phi) is 5.42. The van der Waals surface area contributed by atoms with Crippen molar-refractivity contribution < 1.29 is 9.53 Å². The van der Waals surface area contributed by atoms with E-state index in [-0.39, 0.29) is 12.5 Å². The third kappa shape index (κ3) is 4.08. The van der Waals surface area contributed by atoms with Crippen LogP contribution in [0.2, 0.25) is 5.02 Å². The second-order valence-electron chi connectivity index (χ2n) is 7.01. The Morgan fingerprint density at radius 3 is 2.50 bits per heavy atom. The molecule has 1 aromatic heterocycles. The summed E-state index contributed by atoms with van der Waals surface area (Å²) >= 11 is 7.58. The fourth-order valence-corrected chi connectivity index (χ4v) is 4.44. The van der Waals surface area contributed by atoms with Gasteiger partial charge < -0.3 is 14.5 Å². The molecule has 0 bridgehead atoms. The number of aromatic nitrogens is 1. The Hall–Kier alpha value is -2.31. The Balaban J connectivity index is 1.33.